The fourth-order valence-electron chi connectivity index (χ4n) is 4.42. The van der Waals surface area contributed by atoms with Gasteiger partial charge in [-0.25, -0.2) is 0 Å². The van der Waals surface area contributed by atoms with E-state index in [1.807, 2.05) is 72.9 Å². The van der Waals surface area contributed by atoms with Gasteiger partial charge in [0.15, 0.2) is 0 Å². The molecule has 2 amide bonds. The predicted octanol–water partition coefficient (Wildman–Crippen LogP) is 4.35. The number of carbonyl (C=O) groups is 3. The number of aromatic amines is 1. The van der Waals surface area contributed by atoms with Crippen LogP contribution < -0.4 is 10.6 Å². The summed E-state index contributed by atoms with van der Waals surface area (Å²) in [5, 5.41) is 17.8. The van der Waals surface area contributed by atoms with E-state index in [1.165, 1.54) is 0 Å². The molecule has 36 heavy (non-hydrogen) atoms. The zero-order valence-corrected chi connectivity index (χ0v) is 20.1. The molecule has 0 bridgehead atoms. The highest BCUT2D eigenvalue weighted by Gasteiger charge is 2.22. The predicted molar refractivity (Wildman–Crippen MR) is 141 cm³/mol. The number of rotatable bonds is 12. The first-order chi connectivity index (χ1) is 17.5. The SMILES string of the molecule is O=C(O)CCCCCNC(=O)C(Cc1c[nH]c2ccccc12)NC(=O)Cc1ccc2ccccc2c1. The van der Waals surface area contributed by atoms with E-state index in [-0.39, 0.29) is 24.7 Å². The van der Waals surface area contributed by atoms with Crippen molar-refractivity contribution in [3.63, 3.8) is 0 Å². The van der Waals surface area contributed by atoms with E-state index in [0.29, 0.717) is 32.2 Å². The normalized spacial score (nSPS) is 11.9. The van der Waals surface area contributed by atoms with Crippen molar-refractivity contribution >= 4 is 39.5 Å². The summed E-state index contributed by atoms with van der Waals surface area (Å²) in [6, 6.07) is 21.1. The summed E-state index contributed by atoms with van der Waals surface area (Å²) < 4.78 is 0. The minimum absolute atomic E-state index is 0.127. The number of hydrogen-bond donors (Lipinski definition) is 4. The number of hydrogen-bond acceptors (Lipinski definition) is 3. The highest BCUT2D eigenvalue weighted by molar-refractivity contribution is 5.91. The van der Waals surface area contributed by atoms with Gasteiger partial charge in [0.25, 0.3) is 0 Å². The number of para-hydroxylation sites is 1. The minimum atomic E-state index is -0.813. The monoisotopic (exact) mass is 485 g/mol. The highest BCUT2D eigenvalue weighted by Crippen LogP contribution is 2.20. The van der Waals surface area contributed by atoms with Gasteiger partial charge in [0.2, 0.25) is 11.8 Å². The number of carbonyl (C=O) groups excluding carboxylic acids is 2. The topological polar surface area (TPSA) is 111 Å². The summed E-state index contributed by atoms with van der Waals surface area (Å²) in [4.78, 5) is 39.9. The highest BCUT2D eigenvalue weighted by atomic mass is 16.4. The van der Waals surface area contributed by atoms with Gasteiger partial charge >= 0.3 is 5.97 Å². The second-order valence-electron chi connectivity index (χ2n) is 9.04. The van der Waals surface area contributed by atoms with Crippen LogP contribution in [0.4, 0.5) is 0 Å². The lowest BCUT2D eigenvalue weighted by atomic mass is 10.0. The quantitative estimate of drug-likeness (QED) is 0.224. The molecule has 0 saturated carbocycles. The molecule has 4 aromatic rings. The first-order valence-electron chi connectivity index (χ1n) is 12.3. The summed E-state index contributed by atoms with van der Waals surface area (Å²) in [6.07, 6.45) is 4.52. The first-order valence-corrected chi connectivity index (χ1v) is 12.3. The van der Waals surface area contributed by atoms with E-state index in [2.05, 4.69) is 15.6 Å². The van der Waals surface area contributed by atoms with Crippen LogP contribution in [0.3, 0.4) is 0 Å². The van der Waals surface area contributed by atoms with Crippen LogP contribution in [0.2, 0.25) is 0 Å². The summed E-state index contributed by atoms with van der Waals surface area (Å²) in [5.41, 5.74) is 2.82. The van der Waals surface area contributed by atoms with Crippen LogP contribution in [0.25, 0.3) is 21.7 Å². The maximum Gasteiger partial charge on any atom is 0.303 e. The first kappa shape index (κ1) is 25.0. The number of aromatic nitrogens is 1. The zero-order valence-electron chi connectivity index (χ0n) is 20.1. The third-order valence-corrected chi connectivity index (χ3v) is 6.30. The Kier molecular flexibility index (Phi) is 8.34. The molecule has 0 fully saturated rings. The van der Waals surface area contributed by atoms with Crippen LogP contribution in [-0.2, 0) is 27.2 Å². The molecule has 186 valence electrons. The summed E-state index contributed by atoms with van der Waals surface area (Å²) in [6.45, 7) is 0.434. The van der Waals surface area contributed by atoms with Crippen molar-refractivity contribution in [2.45, 2.75) is 44.6 Å². The van der Waals surface area contributed by atoms with E-state index in [1.54, 1.807) is 0 Å². The van der Waals surface area contributed by atoms with Gasteiger partial charge in [0.05, 0.1) is 6.42 Å². The fourth-order valence-corrected chi connectivity index (χ4v) is 4.42. The number of amides is 2. The zero-order chi connectivity index (χ0) is 25.3. The molecule has 1 aromatic heterocycles. The van der Waals surface area contributed by atoms with Crippen LogP contribution in [0.15, 0.2) is 72.9 Å². The Bertz CT molecular complexity index is 1360. The summed E-state index contributed by atoms with van der Waals surface area (Å²) in [5.74, 6) is -1.27. The molecule has 0 radical (unpaired) electrons. The number of carboxylic acids is 1. The van der Waals surface area contributed by atoms with Gasteiger partial charge in [-0.05, 0) is 40.8 Å². The number of unbranched alkanes of at least 4 members (excludes halogenated alkanes) is 2. The van der Waals surface area contributed by atoms with E-state index in [4.69, 9.17) is 5.11 Å². The average molecular weight is 486 g/mol. The summed E-state index contributed by atoms with van der Waals surface area (Å²) in [7, 11) is 0. The number of fused-ring (bicyclic) bond motifs is 2. The van der Waals surface area contributed by atoms with Crippen molar-refractivity contribution in [3.05, 3.63) is 84.1 Å². The van der Waals surface area contributed by atoms with Gasteiger partial charge in [-0.3, -0.25) is 14.4 Å². The number of H-pyrrole nitrogens is 1. The maximum absolute atomic E-state index is 13.1. The van der Waals surface area contributed by atoms with E-state index in [0.717, 1.165) is 32.8 Å². The van der Waals surface area contributed by atoms with Gasteiger partial charge in [0, 0.05) is 36.5 Å². The van der Waals surface area contributed by atoms with Crippen molar-refractivity contribution < 1.29 is 19.5 Å². The number of carboxylic acid groups (broad SMARTS) is 1. The second-order valence-corrected chi connectivity index (χ2v) is 9.04. The van der Waals surface area contributed by atoms with Crippen LogP contribution >= 0.6 is 0 Å². The lowest BCUT2D eigenvalue weighted by Crippen LogP contribution is -2.48. The van der Waals surface area contributed by atoms with Gasteiger partial charge in [-0.2, -0.15) is 0 Å². The summed E-state index contributed by atoms with van der Waals surface area (Å²) >= 11 is 0. The molecule has 0 saturated heterocycles. The average Bonchev–Trinajstić information content (AvgIpc) is 3.28. The molecule has 0 spiro atoms. The van der Waals surface area contributed by atoms with Crippen molar-refractivity contribution in [3.8, 4) is 0 Å². The van der Waals surface area contributed by atoms with Gasteiger partial charge in [-0.15, -0.1) is 0 Å². The van der Waals surface area contributed by atoms with Gasteiger partial charge in [0.1, 0.15) is 6.04 Å². The lowest BCUT2D eigenvalue weighted by molar-refractivity contribution is -0.137. The molecule has 7 heteroatoms. The van der Waals surface area contributed by atoms with Crippen molar-refractivity contribution in [1.82, 2.24) is 15.6 Å². The van der Waals surface area contributed by atoms with Gasteiger partial charge < -0.3 is 20.7 Å². The van der Waals surface area contributed by atoms with Gasteiger partial charge in [-0.1, -0.05) is 67.1 Å². The molecule has 1 heterocycles. The Morgan fingerprint density at radius 3 is 2.50 bits per heavy atom. The van der Waals surface area contributed by atoms with Crippen molar-refractivity contribution in [1.29, 1.82) is 0 Å². The molecule has 1 unspecified atom stereocenters. The molecule has 0 aliphatic rings. The maximum atomic E-state index is 13.1. The molecule has 1 atom stereocenters. The molecule has 7 nitrogen and oxygen atoms in total. The van der Waals surface area contributed by atoms with Crippen molar-refractivity contribution in [2.24, 2.45) is 0 Å². The molecule has 0 aliphatic heterocycles. The van der Waals surface area contributed by atoms with E-state index >= 15 is 0 Å². The smallest absolute Gasteiger partial charge is 0.303 e. The third-order valence-electron chi connectivity index (χ3n) is 6.30. The molecular weight excluding hydrogens is 454 g/mol. The number of benzene rings is 3. The second kappa shape index (κ2) is 12.0. The van der Waals surface area contributed by atoms with Crippen LogP contribution in [0.1, 0.15) is 36.8 Å². The largest absolute Gasteiger partial charge is 0.481 e. The molecule has 3 aromatic carbocycles. The number of aliphatic carboxylic acids is 1. The van der Waals surface area contributed by atoms with Crippen LogP contribution in [0, 0.1) is 0 Å². The Morgan fingerprint density at radius 1 is 0.889 bits per heavy atom. The Hall–Kier alpha value is -4.13. The van der Waals surface area contributed by atoms with Crippen LogP contribution in [0.5, 0.6) is 0 Å². The van der Waals surface area contributed by atoms with Crippen LogP contribution in [-0.4, -0.2) is 40.5 Å². The Morgan fingerprint density at radius 2 is 1.67 bits per heavy atom. The standard InChI is InChI=1S/C29H31N3O4/c33-27(17-20-13-14-21-8-3-4-9-22(21)16-20)32-26(29(36)30-15-7-1-2-12-28(34)35)18-23-19-31-25-11-6-5-10-24(23)25/h3-6,8-11,13-14,16,19,26,31H,1-2,7,12,15,17-18H2,(H,30,36)(H,32,33)(H,34,35). The van der Waals surface area contributed by atoms with E-state index < -0.39 is 12.0 Å². The molecular formula is C29H31N3O4. The fraction of sp³-hybridized carbons (Fsp3) is 0.276. The Balaban J connectivity index is 1.41. The number of nitrogens with one attached hydrogen (secondary N) is 3. The third kappa shape index (κ3) is 6.72. The van der Waals surface area contributed by atoms with E-state index in [9.17, 15) is 14.4 Å². The molecule has 4 rings (SSSR count). The Labute approximate surface area is 209 Å². The molecule has 4 N–H and O–H groups in total. The lowest BCUT2D eigenvalue weighted by Gasteiger charge is -2.19. The molecule has 0 aliphatic carbocycles. The minimum Gasteiger partial charge on any atom is -0.481 e. The van der Waals surface area contributed by atoms with Crippen molar-refractivity contribution in [2.75, 3.05) is 6.54 Å².